The van der Waals surface area contributed by atoms with Crippen molar-refractivity contribution in [3.63, 3.8) is 0 Å². The molecule has 0 aromatic heterocycles. The summed E-state index contributed by atoms with van der Waals surface area (Å²) in [5.74, 6) is 0.0970. The lowest BCUT2D eigenvalue weighted by atomic mass is 9.97. The number of carbonyl (C=O) groups is 1. The van der Waals surface area contributed by atoms with Crippen molar-refractivity contribution in [3.8, 4) is 5.75 Å². The number of rotatable bonds is 6. The second-order valence-corrected chi connectivity index (χ2v) is 4.54. The van der Waals surface area contributed by atoms with Crippen LogP contribution in [0.15, 0.2) is 18.2 Å². The van der Waals surface area contributed by atoms with Gasteiger partial charge in [0.15, 0.2) is 0 Å². The molecule has 0 atom stereocenters. The number of phenolic OH excluding ortho intramolecular Hbond substituents is 1. The first-order chi connectivity index (χ1) is 8.58. The highest BCUT2D eigenvalue weighted by Crippen LogP contribution is 2.25. The van der Waals surface area contributed by atoms with E-state index in [4.69, 9.17) is 5.73 Å². The van der Waals surface area contributed by atoms with E-state index in [2.05, 4.69) is 19.2 Å². The van der Waals surface area contributed by atoms with Crippen molar-refractivity contribution < 1.29 is 9.90 Å². The molecule has 1 amide bonds. The van der Waals surface area contributed by atoms with E-state index < -0.39 is 0 Å². The maximum atomic E-state index is 12.1. The Balaban J connectivity index is 2.75. The highest BCUT2D eigenvalue weighted by atomic mass is 16.3. The molecule has 0 spiro atoms. The van der Waals surface area contributed by atoms with Gasteiger partial charge in [-0.1, -0.05) is 26.7 Å². The number of nitrogen functional groups attached to an aromatic ring is 1. The van der Waals surface area contributed by atoms with Gasteiger partial charge in [-0.25, -0.2) is 0 Å². The second-order valence-electron chi connectivity index (χ2n) is 4.54. The SMILES string of the molecule is CCCC(CCC)C(=O)Nc1cc(O)ccc1N. The zero-order chi connectivity index (χ0) is 13.5. The number of aromatic hydroxyl groups is 1. The van der Waals surface area contributed by atoms with Crippen LogP contribution in [0.25, 0.3) is 0 Å². The molecule has 18 heavy (non-hydrogen) atoms. The molecule has 0 saturated heterocycles. The fourth-order valence-electron chi connectivity index (χ4n) is 1.99. The van der Waals surface area contributed by atoms with Gasteiger partial charge < -0.3 is 16.2 Å². The number of nitrogens with one attached hydrogen (secondary N) is 1. The third-order valence-electron chi connectivity index (χ3n) is 2.94. The first kappa shape index (κ1) is 14.4. The van der Waals surface area contributed by atoms with Crippen molar-refractivity contribution in [1.82, 2.24) is 0 Å². The average Bonchev–Trinajstić information content (AvgIpc) is 2.33. The average molecular weight is 250 g/mol. The van der Waals surface area contributed by atoms with E-state index in [-0.39, 0.29) is 17.6 Å². The third-order valence-corrected chi connectivity index (χ3v) is 2.94. The van der Waals surface area contributed by atoms with Gasteiger partial charge in [-0.3, -0.25) is 4.79 Å². The van der Waals surface area contributed by atoms with Gasteiger partial charge in [0.1, 0.15) is 5.75 Å². The standard InChI is InChI=1S/C14H22N2O2/c1-3-5-10(6-4-2)14(18)16-13-9-11(17)7-8-12(13)15/h7-10,17H,3-6,15H2,1-2H3,(H,16,18). The lowest BCUT2D eigenvalue weighted by molar-refractivity contribution is -0.120. The monoisotopic (exact) mass is 250 g/mol. The van der Waals surface area contributed by atoms with E-state index in [1.807, 2.05) is 0 Å². The van der Waals surface area contributed by atoms with E-state index in [9.17, 15) is 9.90 Å². The van der Waals surface area contributed by atoms with Gasteiger partial charge in [0.05, 0.1) is 11.4 Å². The number of hydrogen-bond acceptors (Lipinski definition) is 3. The van der Waals surface area contributed by atoms with Crippen molar-refractivity contribution in [1.29, 1.82) is 0 Å². The number of phenols is 1. The van der Waals surface area contributed by atoms with Crippen LogP contribution in [0, 0.1) is 5.92 Å². The Morgan fingerprint density at radius 3 is 2.50 bits per heavy atom. The molecule has 0 aliphatic rings. The van der Waals surface area contributed by atoms with Gasteiger partial charge >= 0.3 is 0 Å². The van der Waals surface area contributed by atoms with Crippen LogP contribution >= 0.6 is 0 Å². The molecule has 0 unspecified atom stereocenters. The van der Waals surface area contributed by atoms with Gasteiger partial charge in [0, 0.05) is 12.0 Å². The molecule has 4 heteroatoms. The molecule has 4 nitrogen and oxygen atoms in total. The van der Waals surface area contributed by atoms with E-state index in [0.717, 1.165) is 25.7 Å². The summed E-state index contributed by atoms with van der Waals surface area (Å²) in [7, 11) is 0. The normalized spacial score (nSPS) is 10.6. The van der Waals surface area contributed by atoms with Crippen LogP contribution in [0.3, 0.4) is 0 Å². The molecule has 0 radical (unpaired) electrons. The minimum absolute atomic E-state index is 0.0155. The zero-order valence-electron chi connectivity index (χ0n) is 11.1. The van der Waals surface area contributed by atoms with E-state index in [0.29, 0.717) is 11.4 Å². The van der Waals surface area contributed by atoms with Crippen LogP contribution in [0.5, 0.6) is 5.75 Å². The largest absolute Gasteiger partial charge is 0.508 e. The van der Waals surface area contributed by atoms with E-state index in [1.54, 1.807) is 6.07 Å². The van der Waals surface area contributed by atoms with Crippen molar-refractivity contribution in [2.45, 2.75) is 39.5 Å². The minimum atomic E-state index is -0.0176. The van der Waals surface area contributed by atoms with Crippen molar-refractivity contribution >= 4 is 17.3 Å². The molecule has 1 aromatic rings. The number of anilines is 2. The number of benzene rings is 1. The third kappa shape index (κ3) is 3.95. The Labute approximate surface area is 108 Å². The first-order valence-electron chi connectivity index (χ1n) is 6.47. The van der Waals surface area contributed by atoms with Crippen LogP contribution < -0.4 is 11.1 Å². The van der Waals surface area contributed by atoms with Crippen molar-refractivity contribution in [2.75, 3.05) is 11.1 Å². The number of amides is 1. The second kappa shape index (κ2) is 6.89. The van der Waals surface area contributed by atoms with Gasteiger partial charge in [-0.15, -0.1) is 0 Å². The molecule has 0 aliphatic heterocycles. The van der Waals surface area contributed by atoms with Gasteiger partial charge in [-0.2, -0.15) is 0 Å². The summed E-state index contributed by atoms with van der Waals surface area (Å²) in [5, 5.41) is 12.2. The topological polar surface area (TPSA) is 75.3 Å². The van der Waals surface area contributed by atoms with Gasteiger partial charge in [0.25, 0.3) is 0 Å². The summed E-state index contributed by atoms with van der Waals surface area (Å²) in [6, 6.07) is 4.56. The van der Waals surface area contributed by atoms with Gasteiger partial charge in [0.2, 0.25) is 5.91 Å². The molecule has 0 saturated carbocycles. The molecule has 100 valence electrons. The van der Waals surface area contributed by atoms with Gasteiger partial charge in [-0.05, 0) is 25.0 Å². The maximum absolute atomic E-state index is 12.1. The predicted octanol–water partition coefficient (Wildman–Crippen LogP) is 3.13. The molecular formula is C14H22N2O2. The Bertz CT molecular complexity index is 399. The summed E-state index contributed by atoms with van der Waals surface area (Å²) in [6.45, 7) is 4.14. The van der Waals surface area contributed by atoms with Crippen LogP contribution in [0.1, 0.15) is 39.5 Å². The summed E-state index contributed by atoms with van der Waals surface area (Å²) in [5.41, 5.74) is 6.71. The summed E-state index contributed by atoms with van der Waals surface area (Å²) in [4.78, 5) is 12.1. The Kier molecular flexibility index (Phi) is 5.49. The summed E-state index contributed by atoms with van der Waals surface area (Å²) < 4.78 is 0. The van der Waals surface area contributed by atoms with E-state index >= 15 is 0 Å². The molecule has 0 aliphatic carbocycles. The smallest absolute Gasteiger partial charge is 0.227 e. The molecule has 4 N–H and O–H groups in total. The first-order valence-corrected chi connectivity index (χ1v) is 6.47. The molecule has 0 fully saturated rings. The lowest BCUT2D eigenvalue weighted by Crippen LogP contribution is -2.23. The Morgan fingerprint density at radius 1 is 1.33 bits per heavy atom. The Morgan fingerprint density at radius 2 is 1.94 bits per heavy atom. The maximum Gasteiger partial charge on any atom is 0.227 e. The highest BCUT2D eigenvalue weighted by Gasteiger charge is 2.17. The fourth-order valence-corrected chi connectivity index (χ4v) is 1.99. The quantitative estimate of drug-likeness (QED) is 0.536. The van der Waals surface area contributed by atoms with Crippen LogP contribution in [-0.2, 0) is 4.79 Å². The molecule has 1 rings (SSSR count). The van der Waals surface area contributed by atoms with Crippen LogP contribution in [0.2, 0.25) is 0 Å². The van der Waals surface area contributed by atoms with E-state index in [1.165, 1.54) is 12.1 Å². The lowest BCUT2D eigenvalue weighted by Gasteiger charge is -2.16. The minimum Gasteiger partial charge on any atom is -0.508 e. The summed E-state index contributed by atoms with van der Waals surface area (Å²) in [6.07, 6.45) is 3.71. The number of carbonyl (C=O) groups excluding carboxylic acids is 1. The summed E-state index contributed by atoms with van der Waals surface area (Å²) >= 11 is 0. The van der Waals surface area contributed by atoms with Crippen LogP contribution in [-0.4, -0.2) is 11.0 Å². The molecular weight excluding hydrogens is 228 g/mol. The zero-order valence-corrected chi connectivity index (χ0v) is 11.1. The molecule has 1 aromatic carbocycles. The number of nitrogens with two attached hydrogens (primary N) is 1. The molecule has 0 heterocycles. The molecule has 0 bridgehead atoms. The number of hydrogen-bond donors (Lipinski definition) is 3. The van der Waals surface area contributed by atoms with Crippen molar-refractivity contribution in [3.05, 3.63) is 18.2 Å². The fraction of sp³-hybridized carbons (Fsp3) is 0.500. The van der Waals surface area contributed by atoms with Crippen molar-refractivity contribution in [2.24, 2.45) is 5.92 Å². The predicted molar refractivity (Wildman–Crippen MR) is 74.5 cm³/mol. The highest BCUT2D eigenvalue weighted by molar-refractivity contribution is 5.95. The Hall–Kier alpha value is -1.71. The van der Waals surface area contributed by atoms with Crippen LogP contribution in [0.4, 0.5) is 11.4 Å².